The Kier molecular flexibility index (Phi) is 4.12. The minimum absolute atomic E-state index is 0.0615. The van der Waals surface area contributed by atoms with Crippen molar-refractivity contribution in [3.63, 3.8) is 0 Å². The molecule has 23 heavy (non-hydrogen) atoms. The summed E-state index contributed by atoms with van der Waals surface area (Å²) in [6.07, 6.45) is 0.0615. The van der Waals surface area contributed by atoms with E-state index in [-0.39, 0.29) is 6.42 Å². The molecule has 0 spiro atoms. The highest BCUT2D eigenvalue weighted by atomic mass is 79.9. The second-order valence-electron chi connectivity index (χ2n) is 4.95. The van der Waals surface area contributed by atoms with Crippen molar-refractivity contribution in [2.45, 2.75) is 6.42 Å². The van der Waals surface area contributed by atoms with Gasteiger partial charge in [-0.3, -0.25) is 15.0 Å². The Morgan fingerprint density at radius 3 is 2.52 bits per heavy atom. The summed E-state index contributed by atoms with van der Waals surface area (Å²) in [6, 6.07) is 13.8. The normalized spacial score (nSPS) is 10.7. The number of carbonyl (C=O) groups is 1. The van der Waals surface area contributed by atoms with E-state index < -0.39 is 17.2 Å². The van der Waals surface area contributed by atoms with Gasteiger partial charge in [-0.25, -0.2) is 4.79 Å². The number of rotatable bonds is 3. The molecule has 6 nitrogen and oxygen atoms in total. The number of para-hydroxylation sites is 1. The van der Waals surface area contributed by atoms with Crippen LogP contribution in [0.4, 0.5) is 0 Å². The first-order chi connectivity index (χ1) is 11.0. The molecule has 0 fully saturated rings. The fourth-order valence-corrected chi connectivity index (χ4v) is 2.48. The summed E-state index contributed by atoms with van der Waals surface area (Å²) in [5, 5.41) is 0.330. The first kappa shape index (κ1) is 15.2. The van der Waals surface area contributed by atoms with Crippen LogP contribution in [-0.2, 0) is 11.2 Å². The number of halogens is 1. The second kappa shape index (κ2) is 6.21. The molecule has 0 saturated heterocycles. The zero-order valence-electron chi connectivity index (χ0n) is 11.9. The molecule has 0 aliphatic rings. The first-order valence-electron chi connectivity index (χ1n) is 6.83. The summed E-state index contributed by atoms with van der Waals surface area (Å²) >= 11 is 3.32. The molecule has 2 aromatic carbocycles. The molecule has 0 radical (unpaired) electrons. The van der Waals surface area contributed by atoms with Crippen LogP contribution in [0.15, 0.2) is 62.6 Å². The molecule has 0 aliphatic heterocycles. The standard InChI is InChI=1S/C16H12BrN3O3/c17-11-7-5-10(6-8-11)9-14(21)19-20-15(22)12-3-1-2-4-13(12)18-16(20)23/h1-8H,9H2,(H,18,23)(H,19,21). The number of benzene rings is 2. The van der Waals surface area contributed by atoms with E-state index >= 15 is 0 Å². The van der Waals surface area contributed by atoms with Gasteiger partial charge >= 0.3 is 5.69 Å². The lowest BCUT2D eigenvalue weighted by atomic mass is 10.1. The van der Waals surface area contributed by atoms with Crippen LogP contribution in [0.5, 0.6) is 0 Å². The van der Waals surface area contributed by atoms with E-state index in [1.165, 1.54) is 0 Å². The molecule has 0 aliphatic carbocycles. The molecule has 0 bridgehead atoms. The zero-order valence-corrected chi connectivity index (χ0v) is 13.5. The Balaban J connectivity index is 1.89. The molecule has 1 amide bonds. The molecule has 0 unspecified atom stereocenters. The van der Waals surface area contributed by atoms with E-state index in [1.54, 1.807) is 36.4 Å². The van der Waals surface area contributed by atoms with Gasteiger partial charge in [0.25, 0.3) is 5.56 Å². The molecule has 1 heterocycles. The summed E-state index contributed by atoms with van der Waals surface area (Å²) < 4.78 is 1.60. The minimum atomic E-state index is -0.683. The van der Waals surface area contributed by atoms with Crippen LogP contribution in [0.2, 0.25) is 0 Å². The Labute approximate surface area is 138 Å². The molecule has 0 atom stereocenters. The number of H-pyrrole nitrogens is 1. The molecule has 2 N–H and O–H groups in total. The third-order valence-electron chi connectivity index (χ3n) is 3.32. The smallest absolute Gasteiger partial charge is 0.305 e. The molecule has 1 aromatic heterocycles. The van der Waals surface area contributed by atoms with Crippen LogP contribution >= 0.6 is 15.9 Å². The number of aromatic amines is 1. The number of hydrogen-bond donors (Lipinski definition) is 2. The minimum Gasteiger partial charge on any atom is -0.305 e. The lowest BCUT2D eigenvalue weighted by Gasteiger charge is -2.08. The van der Waals surface area contributed by atoms with Gasteiger partial charge in [-0.2, -0.15) is 4.68 Å². The summed E-state index contributed by atoms with van der Waals surface area (Å²) in [7, 11) is 0. The summed E-state index contributed by atoms with van der Waals surface area (Å²) in [5.74, 6) is -0.449. The summed E-state index contributed by atoms with van der Waals surface area (Å²) in [6.45, 7) is 0. The van der Waals surface area contributed by atoms with Crippen LogP contribution < -0.4 is 16.7 Å². The van der Waals surface area contributed by atoms with Crippen LogP contribution in [-0.4, -0.2) is 15.6 Å². The summed E-state index contributed by atoms with van der Waals surface area (Å²) in [4.78, 5) is 38.9. The Morgan fingerprint density at radius 1 is 1.09 bits per heavy atom. The first-order valence-corrected chi connectivity index (χ1v) is 7.62. The molecule has 3 aromatic rings. The van der Waals surface area contributed by atoms with Gasteiger partial charge in [0.1, 0.15) is 0 Å². The molecular weight excluding hydrogens is 362 g/mol. The Bertz CT molecular complexity index is 990. The van der Waals surface area contributed by atoms with Crippen LogP contribution in [0, 0.1) is 0 Å². The maximum Gasteiger partial charge on any atom is 0.348 e. The predicted octanol–water partition coefficient (Wildman–Crippen LogP) is 1.77. The van der Waals surface area contributed by atoms with E-state index in [9.17, 15) is 14.4 Å². The number of carbonyl (C=O) groups excluding carboxylic acids is 1. The SMILES string of the molecule is O=C(Cc1ccc(Br)cc1)Nn1c(=O)[nH]c2ccccc2c1=O. The third kappa shape index (κ3) is 3.24. The van der Waals surface area contributed by atoms with Gasteiger partial charge in [0, 0.05) is 4.47 Å². The van der Waals surface area contributed by atoms with E-state index in [0.717, 1.165) is 10.0 Å². The molecule has 7 heteroatoms. The van der Waals surface area contributed by atoms with Gasteiger partial charge in [-0.15, -0.1) is 0 Å². The average molecular weight is 374 g/mol. The molecular formula is C16H12BrN3O3. The predicted molar refractivity (Wildman–Crippen MR) is 91.0 cm³/mol. The maximum absolute atomic E-state index is 12.3. The van der Waals surface area contributed by atoms with Gasteiger partial charge in [0.05, 0.1) is 17.3 Å². The number of nitrogens with zero attached hydrogens (tertiary/aromatic N) is 1. The second-order valence-corrected chi connectivity index (χ2v) is 5.87. The Morgan fingerprint density at radius 2 is 1.78 bits per heavy atom. The number of amides is 1. The number of aromatic nitrogens is 2. The van der Waals surface area contributed by atoms with Gasteiger partial charge in [0.15, 0.2) is 0 Å². The van der Waals surface area contributed by atoms with E-state index in [2.05, 4.69) is 26.3 Å². The van der Waals surface area contributed by atoms with Crippen molar-refractivity contribution in [2.75, 3.05) is 5.43 Å². The highest BCUT2D eigenvalue weighted by Gasteiger charge is 2.10. The van der Waals surface area contributed by atoms with Crippen LogP contribution in [0.3, 0.4) is 0 Å². The highest BCUT2D eigenvalue weighted by molar-refractivity contribution is 9.10. The van der Waals surface area contributed by atoms with Crippen molar-refractivity contribution in [2.24, 2.45) is 0 Å². The molecule has 3 rings (SSSR count). The van der Waals surface area contributed by atoms with E-state index in [4.69, 9.17) is 0 Å². The number of hydrogen-bond acceptors (Lipinski definition) is 3. The number of nitrogens with one attached hydrogen (secondary N) is 2. The quantitative estimate of drug-likeness (QED) is 0.733. The van der Waals surface area contributed by atoms with Gasteiger partial charge in [-0.05, 0) is 29.8 Å². The Hall–Kier alpha value is -2.67. The largest absolute Gasteiger partial charge is 0.348 e. The van der Waals surface area contributed by atoms with E-state index in [0.29, 0.717) is 15.6 Å². The van der Waals surface area contributed by atoms with Crippen molar-refractivity contribution in [1.82, 2.24) is 9.66 Å². The fourth-order valence-electron chi connectivity index (χ4n) is 2.22. The summed E-state index contributed by atoms with van der Waals surface area (Å²) in [5.41, 5.74) is 2.30. The van der Waals surface area contributed by atoms with Gasteiger partial charge in [-0.1, -0.05) is 40.2 Å². The third-order valence-corrected chi connectivity index (χ3v) is 3.85. The topological polar surface area (TPSA) is 84.0 Å². The monoisotopic (exact) mass is 373 g/mol. The number of fused-ring (bicyclic) bond motifs is 1. The van der Waals surface area contributed by atoms with Crippen molar-refractivity contribution in [3.05, 3.63) is 79.4 Å². The lowest BCUT2D eigenvalue weighted by molar-refractivity contribution is -0.116. The van der Waals surface area contributed by atoms with Crippen molar-refractivity contribution < 1.29 is 4.79 Å². The molecule has 116 valence electrons. The van der Waals surface area contributed by atoms with Gasteiger partial charge in [0.2, 0.25) is 5.91 Å². The highest BCUT2D eigenvalue weighted by Crippen LogP contribution is 2.10. The van der Waals surface area contributed by atoms with Crippen LogP contribution in [0.1, 0.15) is 5.56 Å². The lowest BCUT2D eigenvalue weighted by Crippen LogP contribution is -2.44. The van der Waals surface area contributed by atoms with Gasteiger partial charge < -0.3 is 4.98 Å². The van der Waals surface area contributed by atoms with Crippen molar-refractivity contribution in [3.8, 4) is 0 Å². The van der Waals surface area contributed by atoms with Crippen LogP contribution in [0.25, 0.3) is 10.9 Å². The fraction of sp³-hybridized carbons (Fsp3) is 0.0625. The van der Waals surface area contributed by atoms with E-state index in [1.807, 2.05) is 12.1 Å². The molecule has 0 saturated carbocycles. The zero-order chi connectivity index (χ0) is 16.4. The van der Waals surface area contributed by atoms with Crippen molar-refractivity contribution >= 4 is 32.7 Å². The average Bonchev–Trinajstić information content (AvgIpc) is 2.54. The van der Waals surface area contributed by atoms with Crippen molar-refractivity contribution in [1.29, 1.82) is 0 Å². The maximum atomic E-state index is 12.3.